The van der Waals surface area contributed by atoms with Crippen molar-refractivity contribution in [2.45, 2.75) is 6.10 Å². The molecule has 1 aliphatic rings. The smallest absolute Gasteiger partial charge is 0.322 e. The van der Waals surface area contributed by atoms with Gasteiger partial charge in [0.25, 0.3) is 0 Å². The lowest BCUT2D eigenvalue weighted by Gasteiger charge is -2.33. The summed E-state index contributed by atoms with van der Waals surface area (Å²) < 4.78 is 18.7. The van der Waals surface area contributed by atoms with Crippen LogP contribution in [0.1, 0.15) is 11.7 Å². The molecule has 1 heterocycles. The Hall–Kier alpha value is -2.40. The summed E-state index contributed by atoms with van der Waals surface area (Å²) in [7, 11) is 0. The van der Waals surface area contributed by atoms with Crippen LogP contribution in [0.2, 0.25) is 0 Å². The third kappa shape index (κ3) is 3.43. The van der Waals surface area contributed by atoms with Crippen molar-refractivity contribution >= 4 is 11.7 Å². The van der Waals surface area contributed by atoms with Crippen LogP contribution in [0.15, 0.2) is 54.6 Å². The van der Waals surface area contributed by atoms with E-state index in [2.05, 4.69) is 5.32 Å². The van der Waals surface area contributed by atoms with Gasteiger partial charge in [-0.15, -0.1) is 0 Å². The number of morpholine rings is 1. The molecule has 0 spiro atoms. The maximum atomic E-state index is 13.0. The van der Waals surface area contributed by atoms with Gasteiger partial charge < -0.3 is 15.0 Å². The number of carbonyl (C=O) groups excluding carboxylic acids is 1. The van der Waals surface area contributed by atoms with Gasteiger partial charge in [-0.1, -0.05) is 30.3 Å². The molecule has 3 rings (SSSR count). The van der Waals surface area contributed by atoms with E-state index in [9.17, 15) is 9.18 Å². The van der Waals surface area contributed by atoms with Crippen molar-refractivity contribution in [3.05, 3.63) is 66.0 Å². The molecule has 2 aromatic carbocycles. The molecule has 1 N–H and O–H groups in total. The van der Waals surface area contributed by atoms with E-state index in [1.165, 1.54) is 12.1 Å². The summed E-state index contributed by atoms with van der Waals surface area (Å²) in [6.45, 7) is 1.45. The van der Waals surface area contributed by atoms with Gasteiger partial charge in [-0.05, 0) is 29.8 Å². The predicted molar refractivity (Wildman–Crippen MR) is 82.1 cm³/mol. The van der Waals surface area contributed by atoms with Crippen molar-refractivity contribution in [2.24, 2.45) is 0 Å². The van der Waals surface area contributed by atoms with E-state index in [0.29, 0.717) is 19.7 Å². The molecular formula is C17H17FN2O2. The number of amides is 2. The van der Waals surface area contributed by atoms with Crippen molar-refractivity contribution in [1.82, 2.24) is 4.90 Å². The Morgan fingerprint density at radius 1 is 1.14 bits per heavy atom. The van der Waals surface area contributed by atoms with Crippen LogP contribution in [0.3, 0.4) is 0 Å². The summed E-state index contributed by atoms with van der Waals surface area (Å²) in [6.07, 6.45) is -0.226. The van der Waals surface area contributed by atoms with Crippen molar-refractivity contribution < 1.29 is 13.9 Å². The Kier molecular flexibility index (Phi) is 4.34. The van der Waals surface area contributed by atoms with Crippen LogP contribution in [-0.4, -0.2) is 30.6 Å². The molecule has 22 heavy (non-hydrogen) atoms. The number of carbonyl (C=O) groups is 1. The fourth-order valence-corrected chi connectivity index (χ4v) is 2.44. The molecule has 1 fully saturated rings. The first-order valence-electron chi connectivity index (χ1n) is 7.20. The minimum atomic E-state index is -0.279. The quantitative estimate of drug-likeness (QED) is 0.923. The lowest BCUT2D eigenvalue weighted by Crippen LogP contribution is -2.44. The van der Waals surface area contributed by atoms with Crippen LogP contribution in [0, 0.1) is 5.82 Å². The SMILES string of the molecule is O=C(Nc1ccccc1)N1CCOC(c2ccc(F)cc2)C1. The predicted octanol–water partition coefficient (Wildman–Crippen LogP) is 3.43. The molecule has 1 aliphatic heterocycles. The fourth-order valence-electron chi connectivity index (χ4n) is 2.44. The molecule has 5 heteroatoms. The van der Waals surface area contributed by atoms with Crippen molar-refractivity contribution in [2.75, 3.05) is 25.0 Å². The maximum Gasteiger partial charge on any atom is 0.322 e. The second-order valence-corrected chi connectivity index (χ2v) is 5.15. The zero-order valence-corrected chi connectivity index (χ0v) is 12.0. The highest BCUT2D eigenvalue weighted by atomic mass is 19.1. The Morgan fingerprint density at radius 3 is 2.59 bits per heavy atom. The van der Waals surface area contributed by atoms with E-state index >= 15 is 0 Å². The zero-order valence-electron chi connectivity index (χ0n) is 12.0. The summed E-state index contributed by atoms with van der Waals surface area (Å²) in [5.41, 5.74) is 1.64. The summed E-state index contributed by atoms with van der Waals surface area (Å²) in [5.74, 6) is -0.279. The van der Waals surface area contributed by atoms with Gasteiger partial charge in [0, 0.05) is 12.2 Å². The van der Waals surface area contributed by atoms with Gasteiger partial charge in [-0.3, -0.25) is 0 Å². The van der Waals surface area contributed by atoms with Crippen molar-refractivity contribution in [1.29, 1.82) is 0 Å². The average Bonchev–Trinajstić information content (AvgIpc) is 2.56. The highest BCUT2D eigenvalue weighted by Gasteiger charge is 2.25. The van der Waals surface area contributed by atoms with E-state index in [4.69, 9.17) is 4.74 Å². The van der Waals surface area contributed by atoms with E-state index < -0.39 is 0 Å². The van der Waals surface area contributed by atoms with E-state index in [-0.39, 0.29) is 18.0 Å². The molecule has 1 saturated heterocycles. The third-order valence-electron chi connectivity index (χ3n) is 3.62. The van der Waals surface area contributed by atoms with E-state index in [1.54, 1.807) is 17.0 Å². The van der Waals surface area contributed by atoms with Crippen LogP contribution in [0.5, 0.6) is 0 Å². The van der Waals surface area contributed by atoms with Gasteiger partial charge >= 0.3 is 6.03 Å². The summed E-state index contributed by atoms with van der Waals surface area (Å²) in [5, 5.41) is 2.86. The molecule has 2 amide bonds. The molecule has 0 bridgehead atoms. The number of nitrogens with one attached hydrogen (secondary N) is 1. The van der Waals surface area contributed by atoms with Gasteiger partial charge in [0.2, 0.25) is 0 Å². The number of rotatable bonds is 2. The maximum absolute atomic E-state index is 13.0. The summed E-state index contributed by atoms with van der Waals surface area (Å²) in [6, 6.07) is 15.4. The molecule has 1 unspecified atom stereocenters. The van der Waals surface area contributed by atoms with Crippen LogP contribution in [-0.2, 0) is 4.74 Å². The molecule has 0 aromatic heterocycles. The molecule has 2 aromatic rings. The summed E-state index contributed by atoms with van der Waals surface area (Å²) in [4.78, 5) is 14.0. The number of anilines is 1. The second kappa shape index (κ2) is 6.58. The molecule has 1 atom stereocenters. The second-order valence-electron chi connectivity index (χ2n) is 5.15. The van der Waals surface area contributed by atoms with Crippen LogP contribution < -0.4 is 5.32 Å². The minimum absolute atomic E-state index is 0.151. The molecule has 0 radical (unpaired) electrons. The monoisotopic (exact) mass is 300 g/mol. The molecule has 114 valence electrons. The Labute approximate surface area is 128 Å². The van der Waals surface area contributed by atoms with Crippen LogP contribution in [0.4, 0.5) is 14.9 Å². The molecule has 0 saturated carbocycles. The lowest BCUT2D eigenvalue weighted by atomic mass is 10.1. The number of nitrogens with zero attached hydrogens (tertiary/aromatic N) is 1. The highest BCUT2D eigenvalue weighted by Crippen LogP contribution is 2.23. The number of benzene rings is 2. The molecule has 4 nitrogen and oxygen atoms in total. The van der Waals surface area contributed by atoms with E-state index in [1.807, 2.05) is 30.3 Å². The average molecular weight is 300 g/mol. The fraction of sp³-hybridized carbons (Fsp3) is 0.235. The van der Waals surface area contributed by atoms with Crippen molar-refractivity contribution in [3.63, 3.8) is 0 Å². The van der Waals surface area contributed by atoms with Gasteiger partial charge in [0.15, 0.2) is 0 Å². The number of ether oxygens (including phenoxy) is 1. The molecular weight excluding hydrogens is 283 g/mol. The van der Waals surface area contributed by atoms with E-state index in [0.717, 1.165) is 11.3 Å². The van der Waals surface area contributed by atoms with Gasteiger partial charge in [-0.2, -0.15) is 0 Å². The third-order valence-corrected chi connectivity index (χ3v) is 3.62. The highest BCUT2D eigenvalue weighted by molar-refractivity contribution is 5.89. The standard InChI is InChI=1S/C17H17FN2O2/c18-14-8-6-13(7-9-14)16-12-20(10-11-22-16)17(21)19-15-4-2-1-3-5-15/h1-9,16H,10-12H2,(H,19,21). The van der Waals surface area contributed by atoms with Crippen LogP contribution in [0.25, 0.3) is 0 Å². The molecule has 0 aliphatic carbocycles. The lowest BCUT2D eigenvalue weighted by molar-refractivity contribution is -0.0135. The van der Waals surface area contributed by atoms with Gasteiger partial charge in [0.1, 0.15) is 11.9 Å². The van der Waals surface area contributed by atoms with Crippen molar-refractivity contribution in [3.8, 4) is 0 Å². The van der Waals surface area contributed by atoms with Crippen LogP contribution >= 0.6 is 0 Å². The first kappa shape index (κ1) is 14.5. The minimum Gasteiger partial charge on any atom is -0.370 e. The first-order chi connectivity index (χ1) is 10.7. The number of para-hydroxylation sites is 1. The first-order valence-corrected chi connectivity index (χ1v) is 7.20. The number of hydrogen-bond donors (Lipinski definition) is 1. The van der Waals surface area contributed by atoms with Gasteiger partial charge in [-0.25, -0.2) is 9.18 Å². The normalized spacial score (nSPS) is 18.0. The largest absolute Gasteiger partial charge is 0.370 e. The Balaban J connectivity index is 1.65. The topological polar surface area (TPSA) is 41.6 Å². The summed E-state index contributed by atoms with van der Waals surface area (Å²) >= 11 is 0. The number of urea groups is 1. The number of halogens is 1. The zero-order chi connectivity index (χ0) is 15.4. The number of hydrogen-bond acceptors (Lipinski definition) is 2. The Bertz CT molecular complexity index is 631. The van der Waals surface area contributed by atoms with Gasteiger partial charge in [0.05, 0.1) is 13.2 Å². The Morgan fingerprint density at radius 2 is 1.86 bits per heavy atom.